The van der Waals surface area contributed by atoms with Gasteiger partial charge in [-0.3, -0.25) is 9.59 Å². The number of hydrogen-bond donors (Lipinski definition) is 2. The van der Waals surface area contributed by atoms with E-state index in [0.29, 0.717) is 6.54 Å². The number of anilines is 1. The summed E-state index contributed by atoms with van der Waals surface area (Å²) in [5.74, 6) is 0.411. The van der Waals surface area contributed by atoms with Crippen LogP contribution in [0.4, 0.5) is 5.69 Å². The summed E-state index contributed by atoms with van der Waals surface area (Å²) < 4.78 is 0. The lowest BCUT2D eigenvalue weighted by molar-refractivity contribution is -0.135. The Hall–Kier alpha value is -1.88. The normalized spacial score (nSPS) is 20.7. The van der Waals surface area contributed by atoms with Gasteiger partial charge in [-0.2, -0.15) is 0 Å². The summed E-state index contributed by atoms with van der Waals surface area (Å²) in [5, 5.41) is 6.37. The van der Waals surface area contributed by atoms with Crippen molar-refractivity contribution in [2.24, 2.45) is 11.8 Å². The number of nitrogens with zero attached hydrogens (tertiary/aromatic N) is 1. The summed E-state index contributed by atoms with van der Waals surface area (Å²) in [5.41, 5.74) is 1.96. The largest absolute Gasteiger partial charge is 0.342 e. The Bertz CT molecular complexity index is 598. The summed E-state index contributed by atoms with van der Waals surface area (Å²) in [7, 11) is 0. The Balaban J connectivity index is 1.61. The van der Waals surface area contributed by atoms with E-state index in [4.69, 9.17) is 0 Å². The van der Waals surface area contributed by atoms with Gasteiger partial charge in [0.25, 0.3) is 0 Å². The first-order valence-electron chi connectivity index (χ1n) is 9.07. The highest BCUT2D eigenvalue weighted by atomic mass is 16.2. The number of carbonyl (C=O) groups excluding carboxylic acids is 2. The van der Waals surface area contributed by atoms with Gasteiger partial charge in [0.15, 0.2) is 0 Å². The molecule has 1 atom stereocenters. The van der Waals surface area contributed by atoms with Crippen LogP contribution in [0.5, 0.6) is 0 Å². The molecule has 2 amide bonds. The minimum absolute atomic E-state index is 0.0345. The average molecular weight is 329 g/mol. The van der Waals surface area contributed by atoms with Crippen molar-refractivity contribution in [1.82, 2.24) is 10.2 Å². The number of hydrogen-bond acceptors (Lipinski definition) is 3. The van der Waals surface area contributed by atoms with Crippen LogP contribution in [-0.2, 0) is 16.1 Å². The van der Waals surface area contributed by atoms with Crippen molar-refractivity contribution in [2.75, 3.05) is 25.0 Å². The van der Waals surface area contributed by atoms with Crippen LogP contribution in [-0.4, -0.2) is 36.3 Å². The van der Waals surface area contributed by atoms with Gasteiger partial charge < -0.3 is 15.5 Å². The Morgan fingerprint density at radius 2 is 1.96 bits per heavy atom. The summed E-state index contributed by atoms with van der Waals surface area (Å²) >= 11 is 0. The maximum absolute atomic E-state index is 12.7. The fourth-order valence-corrected chi connectivity index (χ4v) is 3.27. The fourth-order valence-electron chi connectivity index (χ4n) is 3.27. The highest BCUT2D eigenvalue weighted by molar-refractivity contribution is 5.94. The molecular weight excluding hydrogens is 302 g/mol. The van der Waals surface area contributed by atoms with Gasteiger partial charge in [-0.05, 0) is 43.9 Å². The highest BCUT2D eigenvalue weighted by Crippen LogP contribution is 2.32. The van der Waals surface area contributed by atoms with Gasteiger partial charge in [-0.25, -0.2) is 0 Å². The smallest absolute Gasteiger partial charge is 0.229 e. The molecule has 2 aliphatic rings. The molecule has 0 radical (unpaired) electrons. The molecule has 0 bridgehead atoms. The third-order valence-electron chi connectivity index (χ3n) is 4.87. The van der Waals surface area contributed by atoms with Gasteiger partial charge in [0.05, 0.1) is 5.92 Å². The van der Waals surface area contributed by atoms with Gasteiger partial charge in [0, 0.05) is 31.2 Å². The first-order valence-corrected chi connectivity index (χ1v) is 9.07. The molecule has 0 spiro atoms. The Morgan fingerprint density at radius 1 is 1.17 bits per heavy atom. The summed E-state index contributed by atoms with van der Waals surface area (Å²) in [4.78, 5) is 26.8. The van der Waals surface area contributed by atoms with E-state index < -0.39 is 0 Å². The zero-order chi connectivity index (χ0) is 16.9. The van der Waals surface area contributed by atoms with Crippen LogP contribution in [0.25, 0.3) is 0 Å². The second kappa shape index (κ2) is 7.79. The van der Waals surface area contributed by atoms with Crippen molar-refractivity contribution in [2.45, 2.75) is 39.2 Å². The number of carbonyl (C=O) groups is 2. The van der Waals surface area contributed by atoms with Gasteiger partial charge in [-0.15, -0.1) is 0 Å². The van der Waals surface area contributed by atoms with Crippen LogP contribution in [0.1, 0.15) is 38.2 Å². The Morgan fingerprint density at radius 3 is 2.71 bits per heavy atom. The molecular formula is C19H27N3O2. The number of amides is 2. The number of likely N-dealkylation sites (tertiary alicyclic amines) is 1. The number of benzene rings is 1. The topological polar surface area (TPSA) is 61.4 Å². The maximum atomic E-state index is 12.7. The van der Waals surface area contributed by atoms with E-state index in [1.54, 1.807) is 0 Å². The van der Waals surface area contributed by atoms with Crippen LogP contribution in [0.15, 0.2) is 24.3 Å². The van der Waals surface area contributed by atoms with Crippen molar-refractivity contribution in [1.29, 1.82) is 0 Å². The van der Waals surface area contributed by atoms with E-state index in [2.05, 4.69) is 17.6 Å². The van der Waals surface area contributed by atoms with Crippen LogP contribution >= 0.6 is 0 Å². The van der Waals surface area contributed by atoms with E-state index >= 15 is 0 Å². The minimum atomic E-state index is -0.103. The molecule has 1 aromatic rings. The van der Waals surface area contributed by atoms with E-state index in [1.807, 2.05) is 29.2 Å². The highest BCUT2D eigenvalue weighted by Gasteiger charge is 2.36. The first kappa shape index (κ1) is 17.0. The molecule has 1 aromatic carbocycles. The van der Waals surface area contributed by atoms with Crippen LogP contribution in [0.2, 0.25) is 0 Å². The fraction of sp³-hybridized carbons (Fsp3) is 0.579. The predicted octanol–water partition coefficient (Wildman–Crippen LogP) is 2.38. The average Bonchev–Trinajstić information content (AvgIpc) is 3.45. The monoisotopic (exact) mass is 329 g/mol. The zero-order valence-electron chi connectivity index (χ0n) is 14.4. The molecule has 1 saturated heterocycles. The van der Waals surface area contributed by atoms with E-state index in [0.717, 1.165) is 56.6 Å². The lowest BCUT2D eigenvalue weighted by Gasteiger charge is -2.32. The quantitative estimate of drug-likeness (QED) is 0.842. The van der Waals surface area contributed by atoms with Crippen LogP contribution < -0.4 is 10.6 Å². The van der Waals surface area contributed by atoms with E-state index in [1.165, 1.54) is 0 Å². The number of nitrogens with one attached hydrogen (secondary N) is 2. The molecule has 1 aliphatic heterocycles. The lowest BCUT2D eigenvalue weighted by Crippen LogP contribution is -2.44. The molecule has 2 N–H and O–H groups in total. The van der Waals surface area contributed by atoms with Gasteiger partial charge in [-0.1, -0.05) is 25.1 Å². The molecule has 1 unspecified atom stereocenters. The van der Waals surface area contributed by atoms with Gasteiger partial charge in [0.2, 0.25) is 11.8 Å². The van der Waals surface area contributed by atoms with Crippen molar-refractivity contribution in [3.63, 3.8) is 0 Å². The summed E-state index contributed by atoms with van der Waals surface area (Å²) in [6.45, 7) is 5.06. The molecule has 130 valence electrons. The molecule has 5 heteroatoms. The van der Waals surface area contributed by atoms with Crippen LogP contribution in [0.3, 0.4) is 0 Å². The molecule has 1 aliphatic carbocycles. The molecule has 5 nitrogen and oxygen atoms in total. The first-order chi connectivity index (χ1) is 11.7. The number of piperidine rings is 1. The molecule has 24 heavy (non-hydrogen) atoms. The number of rotatable bonds is 6. The van der Waals surface area contributed by atoms with Crippen molar-refractivity contribution >= 4 is 17.5 Å². The minimum Gasteiger partial charge on any atom is -0.342 e. The van der Waals surface area contributed by atoms with Crippen molar-refractivity contribution < 1.29 is 9.59 Å². The van der Waals surface area contributed by atoms with Crippen molar-refractivity contribution in [3.05, 3.63) is 29.8 Å². The summed E-state index contributed by atoms with van der Waals surface area (Å²) in [6, 6.07) is 7.90. The standard InChI is InChI=1S/C19H27N3O2/c1-2-20-12-15-6-3-4-8-17(15)21-18(23)16-7-5-11-22(13-16)19(24)14-9-10-14/h3-4,6,8,14,16,20H,2,5,7,9-13H2,1H3,(H,21,23). The molecule has 3 rings (SSSR count). The van der Waals surface area contributed by atoms with Crippen LogP contribution in [0, 0.1) is 11.8 Å². The Kier molecular flexibility index (Phi) is 5.51. The molecule has 2 fully saturated rings. The molecule has 1 saturated carbocycles. The third-order valence-corrected chi connectivity index (χ3v) is 4.87. The maximum Gasteiger partial charge on any atom is 0.229 e. The van der Waals surface area contributed by atoms with E-state index in [-0.39, 0.29) is 23.7 Å². The van der Waals surface area contributed by atoms with Crippen molar-refractivity contribution in [3.8, 4) is 0 Å². The zero-order valence-corrected chi connectivity index (χ0v) is 14.4. The van der Waals surface area contributed by atoms with Gasteiger partial charge >= 0.3 is 0 Å². The second-order valence-corrected chi connectivity index (χ2v) is 6.82. The SMILES string of the molecule is CCNCc1ccccc1NC(=O)C1CCCN(C(=O)C2CC2)C1. The van der Waals surface area contributed by atoms with Gasteiger partial charge in [0.1, 0.15) is 0 Å². The molecule has 1 heterocycles. The summed E-state index contributed by atoms with van der Waals surface area (Å²) in [6.07, 6.45) is 3.80. The third kappa shape index (κ3) is 4.15. The lowest BCUT2D eigenvalue weighted by atomic mass is 9.96. The van der Waals surface area contributed by atoms with E-state index in [9.17, 15) is 9.59 Å². The Labute approximate surface area is 143 Å². The second-order valence-electron chi connectivity index (χ2n) is 6.82. The predicted molar refractivity (Wildman–Crippen MR) is 94.5 cm³/mol. The molecule has 0 aromatic heterocycles. The number of para-hydroxylation sites is 1.